The number of aromatic nitrogens is 2. The molecule has 0 fully saturated rings. The molecule has 0 saturated heterocycles. The topological polar surface area (TPSA) is 96.2 Å². The molecule has 2 heterocycles. The molecule has 0 spiro atoms. The van der Waals surface area contributed by atoms with E-state index in [0.717, 1.165) is 22.4 Å². The van der Waals surface area contributed by atoms with Gasteiger partial charge in [-0.25, -0.2) is 4.99 Å². The molecule has 2 aromatic rings. The van der Waals surface area contributed by atoms with Crippen LogP contribution >= 0.6 is 0 Å². The van der Waals surface area contributed by atoms with Crippen molar-refractivity contribution >= 4 is 17.4 Å². The average Bonchev–Trinajstić information content (AvgIpc) is 3.19. The van der Waals surface area contributed by atoms with Gasteiger partial charge in [0, 0.05) is 23.7 Å². The van der Waals surface area contributed by atoms with Crippen LogP contribution in [-0.4, -0.2) is 28.5 Å². The van der Waals surface area contributed by atoms with Crippen molar-refractivity contribution in [2.24, 2.45) is 10.7 Å². The number of nitrogens with zero attached hydrogens (tertiary/aromatic N) is 2. The van der Waals surface area contributed by atoms with Crippen molar-refractivity contribution in [1.82, 2.24) is 15.5 Å². The minimum Gasteiger partial charge on any atom is -0.322 e. The van der Waals surface area contributed by atoms with E-state index in [9.17, 15) is 4.79 Å². The van der Waals surface area contributed by atoms with Crippen molar-refractivity contribution in [3.63, 3.8) is 0 Å². The van der Waals surface area contributed by atoms with Crippen LogP contribution < -0.4 is 11.1 Å². The third-order valence-electron chi connectivity index (χ3n) is 3.20. The standard InChI is InChI=1S/C15H15N5O/c16-7-15(21)20-14-5-4-13(19-14)11-3-1-2-10(6-11)12-8-17-18-9-12/h1-4,6,8-9H,5,7,16H2,(H,17,18)(H,19,20,21). The van der Waals surface area contributed by atoms with Crippen LogP contribution in [-0.2, 0) is 4.79 Å². The molecule has 6 heteroatoms. The maximum Gasteiger partial charge on any atom is 0.239 e. The van der Waals surface area contributed by atoms with Crippen molar-refractivity contribution in [3.05, 3.63) is 48.3 Å². The first-order valence-electron chi connectivity index (χ1n) is 6.63. The summed E-state index contributed by atoms with van der Waals surface area (Å²) in [4.78, 5) is 15.7. The van der Waals surface area contributed by atoms with E-state index in [1.54, 1.807) is 6.20 Å². The molecule has 1 aliphatic heterocycles. The molecule has 0 atom stereocenters. The molecule has 0 bridgehead atoms. The average molecular weight is 281 g/mol. The predicted molar refractivity (Wildman–Crippen MR) is 81.2 cm³/mol. The van der Waals surface area contributed by atoms with Gasteiger partial charge >= 0.3 is 0 Å². The summed E-state index contributed by atoms with van der Waals surface area (Å²) < 4.78 is 0. The number of aromatic amines is 1. The summed E-state index contributed by atoms with van der Waals surface area (Å²) in [5.41, 5.74) is 9.23. The van der Waals surface area contributed by atoms with Crippen LogP contribution in [0, 0.1) is 0 Å². The first-order chi connectivity index (χ1) is 10.3. The van der Waals surface area contributed by atoms with Gasteiger partial charge in [0.1, 0.15) is 5.84 Å². The van der Waals surface area contributed by atoms with Crippen molar-refractivity contribution in [2.75, 3.05) is 6.54 Å². The van der Waals surface area contributed by atoms with Crippen molar-refractivity contribution < 1.29 is 4.79 Å². The summed E-state index contributed by atoms with van der Waals surface area (Å²) in [5.74, 6) is 0.407. The first kappa shape index (κ1) is 13.3. The van der Waals surface area contributed by atoms with E-state index in [-0.39, 0.29) is 12.5 Å². The number of amides is 1. The molecule has 106 valence electrons. The maximum absolute atomic E-state index is 11.3. The highest BCUT2D eigenvalue weighted by Gasteiger charge is 2.13. The molecule has 1 aromatic carbocycles. The predicted octanol–water partition coefficient (Wildman–Crippen LogP) is 1.29. The van der Waals surface area contributed by atoms with Crippen LogP contribution in [0.1, 0.15) is 12.0 Å². The van der Waals surface area contributed by atoms with Gasteiger partial charge in [-0.3, -0.25) is 9.89 Å². The monoisotopic (exact) mass is 281 g/mol. The van der Waals surface area contributed by atoms with Crippen LogP contribution in [0.5, 0.6) is 0 Å². The molecule has 1 aromatic heterocycles. The third-order valence-corrected chi connectivity index (χ3v) is 3.20. The van der Waals surface area contributed by atoms with Gasteiger partial charge in [0.15, 0.2) is 0 Å². The van der Waals surface area contributed by atoms with Crippen LogP contribution in [0.2, 0.25) is 0 Å². The minimum absolute atomic E-state index is 0.0374. The van der Waals surface area contributed by atoms with Crippen LogP contribution in [0.25, 0.3) is 16.8 Å². The van der Waals surface area contributed by atoms with E-state index in [4.69, 9.17) is 5.73 Å². The number of nitrogens with two attached hydrogens (primary N) is 1. The summed E-state index contributed by atoms with van der Waals surface area (Å²) in [7, 11) is 0. The zero-order valence-corrected chi connectivity index (χ0v) is 11.3. The lowest BCUT2D eigenvalue weighted by Gasteiger charge is -2.03. The number of hydrogen-bond acceptors (Lipinski definition) is 4. The second kappa shape index (κ2) is 5.72. The molecular weight excluding hydrogens is 266 g/mol. The molecule has 0 radical (unpaired) electrons. The fourth-order valence-corrected chi connectivity index (χ4v) is 2.17. The zero-order chi connectivity index (χ0) is 14.7. The molecule has 6 nitrogen and oxygen atoms in total. The van der Waals surface area contributed by atoms with Crippen molar-refractivity contribution in [1.29, 1.82) is 0 Å². The number of amidine groups is 1. The summed E-state index contributed by atoms with van der Waals surface area (Å²) in [6, 6.07) is 8.04. The SMILES string of the molecule is NCC(=O)NC1=NC(c2cccc(-c3cn[nH]c3)c2)=CC1. The summed E-state index contributed by atoms with van der Waals surface area (Å²) in [6.45, 7) is -0.0374. The molecule has 1 aliphatic rings. The van der Waals surface area contributed by atoms with Crippen LogP contribution in [0.3, 0.4) is 0 Å². The number of benzene rings is 1. The lowest BCUT2D eigenvalue weighted by atomic mass is 10.0. The van der Waals surface area contributed by atoms with Crippen molar-refractivity contribution in [2.45, 2.75) is 6.42 Å². The van der Waals surface area contributed by atoms with Gasteiger partial charge in [-0.15, -0.1) is 0 Å². The molecule has 4 N–H and O–H groups in total. The Bertz CT molecular complexity index is 715. The quantitative estimate of drug-likeness (QED) is 0.791. The highest BCUT2D eigenvalue weighted by atomic mass is 16.1. The van der Waals surface area contributed by atoms with Gasteiger partial charge in [-0.2, -0.15) is 5.10 Å². The second-order valence-corrected chi connectivity index (χ2v) is 4.67. The van der Waals surface area contributed by atoms with Gasteiger partial charge in [0.2, 0.25) is 5.91 Å². The first-order valence-corrected chi connectivity index (χ1v) is 6.63. The smallest absolute Gasteiger partial charge is 0.239 e. The zero-order valence-electron chi connectivity index (χ0n) is 11.3. The number of H-pyrrole nitrogens is 1. The van der Waals surface area contributed by atoms with E-state index < -0.39 is 0 Å². The number of aliphatic imine (C=N–C) groups is 1. The molecule has 0 unspecified atom stereocenters. The molecule has 0 saturated carbocycles. The Labute approximate surface area is 121 Å². The summed E-state index contributed by atoms with van der Waals surface area (Å²) in [6.07, 6.45) is 6.22. The normalized spacial score (nSPS) is 13.8. The van der Waals surface area contributed by atoms with Crippen molar-refractivity contribution in [3.8, 4) is 11.1 Å². The van der Waals surface area contributed by atoms with Crippen LogP contribution in [0.4, 0.5) is 0 Å². The lowest BCUT2D eigenvalue weighted by molar-refractivity contribution is -0.118. The Morgan fingerprint density at radius 1 is 1.33 bits per heavy atom. The number of carbonyl (C=O) groups is 1. The number of hydrogen-bond donors (Lipinski definition) is 3. The third kappa shape index (κ3) is 2.90. The number of rotatable bonds is 3. The Balaban J connectivity index is 1.82. The van der Waals surface area contributed by atoms with Gasteiger partial charge in [-0.1, -0.05) is 24.3 Å². The molecular formula is C15H15N5O. The molecule has 1 amide bonds. The lowest BCUT2D eigenvalue weighted by Crippen LogP contribution is -2.34. The molecule has 3 rings (SSSR count). The molecule has 0 aliphatic carbocycles. The Hall–Kier alpha value is -2.73. The van der Waals surface area contributed by atoms with E-state index in [1.165, 1.54) is 0 Å². The fraction of sp³-hybridized carbons (Fsp3) is 0.133. The van der Waals surface area contributed by atoms with E-state index in [0.29, 0.717) is 12.3 Å². The minimum atomic E-state index is -0.226. The van der Waals surface area contributed by atoms with Gasteiger partial charge < -0.3 is 11.1 Å². The Morgan fingerprint density at radius 2 is 2.19 bits per heavy atom. The summed E-state index contributed by atoms with van der Waals surface area (Å²) >= 11 is 0. The highest BCUT2D eigenvalue weighted by molar-refractivity contribution is 6.04. The summed E-state index contributed by atoms with van der Waals surface area (Å²) in [5, 5.41) is 9.44. The van der Waals surface area contributed by atoms with Gasteiger partial charge in [0.05, 0.1) is 18.4 Å². The fourth-order valence-electron chi connectivity index (χ4n) is 2.17. The maximum atomic E-state index is 11.3. The Kier molecular flexibility index (Phi) is 3.61. The van der Waals surface area contributed by atoms with Gasteiger partial charge in [-0.05, 0) is 11.6 Å². The highest BCUT2D eigenvalue weighted by Crippen LogP contribution is 2.26. The second-order valence-electron chi connectivity index (χ2n) is 4.67. The van der Waals surface area contributed by atoms with E-state index >= 15 is 0 Å². The largest absolute Gasteiger partial charge is 0.322 e. The van der Waals surface area contributed by atoms with E-state index in [1.807, 2.05) is 36.5 Å². The van der Waals surface area contributed by atoms with Crippen LogP contribution in [0.15, 0.2) is 47.7 Å². The van der Waals surface area contributed by atoms with E-state index in [2.05, 4.69) is 20.5 Å². The number of carbonyl (C=O) groups excluding carboxylic acids is 1. The van der Waals surface area contributed by atoms with Gasteiger partial charge in [0.25, 0.3) is 0 Å². The molecule has 21 heavy (non-hydrogen) atoms. The number of nitrogens with one attached hydrogen (secondary N) is 2. The Morgan fingerprint density at radius 3 is 2.95 bits per heavy atom.